The van der Waals surface area contributed by atoms with Crippen LogP contribution in [0, 0.1) is 5.82 Å². The molecule has 1 amide bonds. The quantitative estimate of drug-likeness (QED) is 0.237. The molecule has 0 spiro atoms. The third kappa shape index (κ3) is 5.07. The van der Waals surface area contributed by atoms with Crippen LogP contribution in [0.2, 0.25) is 10.0 Å². The van der Waals surface area contributed by atoms with E-state index in [0.29, 0.717) is 35.8 Å². The minimum Gasteiger partial charge on any atom is -0.493 e. The van der Waals surface area contributed by atoms with Crippen molar-refractivity contribution >= 4 is 40.5 Å². The molecule has 0 radical (unpaired) electrons. The van der Waals surface area contributed by atoms with Crippen molar-refractivity contribution in [3.8, 4) is 5.75 Å². The Labute approximate surface area is 191 Å². The molecule has 0 fully saturated rings. The van der Waals surface area contributed by atoms with Crippen molar-refractivity contribution in [2.75, 3.05) is 6.61 Å². The number of halogens is 6. The molecule has 4 nitrogen and oxygen atoms in total. The fraction of sp³-hybridized carbons (Fsp3) is 0.273. The van der Waals surface area contributed by atoms with E-state index in [1.807, 2.05) is 0 Å². The Morgan fingerprint density at radius 1 is 1.19 bits per heavy atom. The van der Waals surface area contributed by atoms with Gasteiger partial charge in [-0.3, -0.25) is 9.59 Å². The Hall–Kier alpha value is -2.58. The molecule has 0 atom stereocenters. The summed E-state index contributed by atoms with van der Waals surface area (Å²) in [6.07, 6.45) is -3.87. The summed E-state index contributed by atoms with van der Waals surface area (Å²) in [6.45, 7) is 2.12. The van der Waals surface area contributed by atoms with Crippen LogP contribution in [-0.2, 0) is 17.8 Å². The lowest BCUT2D eigenvalue weighted by Crippen LogP contribution is -2.21. The lowest BCUT2D eigenvalue weighted by Gasteiger charge is -2.14. The number of hydrogen-bond acceptors (Lipinski definition) is 3. The van der Waals surface area contributed by atoms with Crippen LogP contribution >= 0.6 is 23.2 Å². The van der Waals surface area contributed by atoms with Crippen molar-refractivity contribution in [3.63, 3.8) is 0 Å². The molecule has 1 N–H and O–H groups in total. The zero-order valence-corrected chi connectivity index (χ0v) is 18.2. The van der Waals surface area contributed by atoms with Gasteiger partial charge in [0.15, 0.2) is 11.6 Å². The van der Waals surface area contributed by atoms with Gasteiger partial charge in [-0.05, 0) is 23.8 Å². The van der Waals surface area contributed by atoms with Gasteiger partial charge in [-0.1, -0.05) is 42.3 Å². The summed E-state index contributed by atoms with van der Waals surface area (Å²) in [5, 5.41) is 1.51. The first kappa shape index (κ1) is 24.1. The lowest BCUT2D eigenvalue weighted by molar-refractivity contribution is -0.120. The molecule has 0 saturated heterocycles. The predicted molar refractivity (Wildman–Crippen MR) is 113 cm³/mol. The van der Waals surface area contributed by atoms with Gasteiger partial charge < -0.3 is 10.1 Å². The van der Waals surface area contributed by atoms with E-state index in [1.165, 1.54) is 12.1 Å². The van der Waals surface area contributed by atoms with Gasteiger partial charge in [0.05, 0.1) is 22.2 Å². The monoisotopic (exact) mass is 489 g/mol. The Bertz CT molecular complexity index is 1090. The fourth-order valence-corrected chi connectivity index (χ4v) is 3.78. The number of ether oxygens (including phenoxy) is 1. The first-order valence-corrected chi connectivity index (χ1v) is 10.3. The van der Waals surface area contributed by atoms with Gasteiger partial charge in [0, 0.05) is 36.1 Å². The molecule has 1 heterocycles. The molecule has 2 aromatic rings. The van der Waals surface area contributed by atoms with Gasteiger partial charge in [-0.25, -0.2) is 4.39 Å². The van der Waals surface area contributed by atoms with Gasteiger partial charge in [0.25, 0.3) is 0 Å². The number of carbonyl (C=O) groups excluding carboxylic acids is 2. The number of carbonyl (C=O) groups is 2. The van der Waals surface area contributed by atoms with E-state index >= 15 is 0 Å². The summed E-state index contributed by atoms with van der Waals surface area (Å²) in [4.78, 5) is 24.4. The second-order valence-electron chi connectivity index (χ2n) is 6.98. The van der Waals surface area contributed by atoms with E-state index in [-0.39, 0.29) is 24.6 Å². The molecule has 3 rings (SSSR count). The SMILES string of the molecule is CCC(=O)NCc1ccc(C(=O)/C=C(\c2cc(Cl)c(F)c(Cl)c2)C(F)(F)F)c2c1OCC2. The number of alkyl halides is 3. The molecule has 0 unspecified atom stereocenters. The first-order valence-electron chi connectivity index (χ1n) is 9.55. The van der Waals surface area contributed by atoms with Crippen molar-refractivity contribution in [1.82, 2.24) is 5.32 Å². The van der Waals surface area contributed by atoms with Gasteiger partial charge in [0.1, 0.15) is 5.75 Å². The maximum absolute atomic E-state index is 13.7. The maximum atomic E-state index is 13.7. The average molecular weight is 490 g/mol. The highest BCUT2D eigenvalue weighted by Crippen LogP contribution is 2.39. The molecule has 32 heavy (non-hydrogen) atoms. The van der Waals surface area contributed by atoms with Crippen LogP contribution in [0.15, 0.2) is 30.3 Å². The van der Waals surface area contributed by atoms with Crippen molar-refractivity contribution in [3.05, 3.63) is 68.5 Å². The van der Waals surface area contributed by atoms with Gasteiger partial charge in [0.2, 0.25) is 5.91 Å². The van der Waals surface area contributed by atoms with Crippen LogP contribution in [0.5, 0.6) is 5.75 Å². The number of amides is 1. The van der Waals surface area contributed by atoms with E-state index in [0.717, 1.165) is 12.1 Å². The Kier molecular flexibility index (Phi) is 7.15. The van der Waals surface area contributed by atoms with Crippen LogP contribution in [-0.4, -0.2) is 24.5 Å². The number of ketones is 1. The second-order valence-corrected chi connectivity index (χ2v) is 7.80. The summed E-state index contributed by atoms with van der Waals surface area (Å²) in [5.41, 5.74) is -0.712. The molecule has 1 aliphatic heterocycles. The molecule has 2 aromatic carbocycles. The third-order valence-electron chi connectivity index (χ3n) is 4.88. The van der Waals surface area contributed by atoms with Gasteiger partial charge in [-0.2, -0.15) is 13.2 Å². The highest BCUT2D eigenvalue weighted by Gasteiger charge is 2.36. The molecule has 1 aliphatic rings. The van der Waals surface area contributed by atoms with Crippen LogP contribution < -0.4 is 10.1 Å². The number of rotatable bonds is 6. The molecular weight excluding hydrogens is 473 g/mol. The van der Waals surface area contributed by atoms with Gasteiger partial charge >= 0.3 is 6.18 Å². The molecule has 10 heteroatoms. The zero-order valence-electron chi connectivity index (χ0n) is 16.7. The summed E-state index contributed by atoms with van der Waals surface area (Å²) >= 11 is 11.3. The fourth-order valence-electron chi connectivity index (χ4n) is 3.30. The standard InChI is InChI=1S/C22H17Cl2F4NO3/c1-2-19(31)29-10-11-3-4-13(14-5-6-32-21(11)14)18(30)9-15(22(26,27)28)12-7-16(23)20(25)17(24)8-12/h3-4,7-9H,2,5-6,10H2,1H3,(H,29,31)/b15-9+. The largest absolute Gasteiger partial charge is 0.493 e. The van der Waals surface area contributed by atoms with Crippen molar-refractivity contribution < 1.29 is 31.9 Å². The normalized spacial score (nSPS) is 13.5. The maximum Gasteiger partial charge on any atom is 0.417 e. The molecule has 0 aliphatic carbocycles. The summed E-state index contributed by atoms with van der Waals surface area (Å²) in [7, 11) is 0. The number of hydrogen-bond donors (Lipinski definition) is 1. The van der Waals surface area contributed by atoms with E-state index < -0.39 is 39.0 Å². The van der Waals surface area contributed by atoms with Gasteiger partial charge in [-0.15, -0.1) is 0 Å². The van der Waals surface area contributed by atoms with E-state index in [4.69, 9.17) is 27.9 Å². The predicted octanol–water partition coefficient (Wildman–Crippen LogP) is 5.92. The first-order chi connectivity index (χ1) is 15.0. The topological polar surface area (TPSA) is 55.4 Å². The van der Waals surface area contributed by atoms with E-state index in [9.17, 15) is 27.2 Å². The average Bonchev–Trinajstić information content (AvgIpc) is 3.22. The smallest absolute Gasteiger partial charge is 0.417 e. The minimum absolute atomic E-state index is 0.0455. The molecule has 0 bridgehead atoms. The lowest BCUT2D eigenvalue weighted by atomic mass is 9.95. The molecular formula is C22H17Cl2F4NO3. The van der Waals surface area contributed by atoms with Crippen molar-refractivity contribution in [2.45, 2.75) is 32.5 Å². The van der Waals surface area contributed by atoms with Crippen LogP contribution in [0.25, 0.3) is 5.57 Å². The van der Waals surface area contributed by atoms with E-state index in [2.05, 4.69) is 5.32 Å². The van der Waals surface area contributed by atoms with Crippen molar-refractivity contribution in [1.29, 1.82) is 0 Å². The Morgan fingerprint density at radius 3 is 2.44 bits per heavy atom. The van der Waals surface area contributed by atoms with Crippen LogP contribution in [0.3, 0.4) is 0 Å². The number of fused-ring (bicyclic) bond motifs is 1. The summed E-state index contributed by atoms with van der Waals surface area (Å²) < 4.78 is 60.4. The van der Waals surface area contributed by atoms with Crippen molar-refractivity contribution in [2.24, 2.45) is 0 Å². The third-order valence-corrected chi connectivity index (χ3v) is 5.43. The Balaban J connectivity index is 2.01. The number of allylic oxidation sites excluding steroid dienone is 2. The zero-order chi connectivity index (χ0) is 23.6. The minimum atomic E-state index is -4.93. The van der Waals surface area contributed by atoms with Crippen LogP contribution in [0.1, 0.15) is 40.4 Å². The number of nitrogens with one attached hydrogen (secondary N) is 1. The highest BCUT2D eigenvalue weighted by molar-refractivity contribution is 6.35. The highest BCUT2D eigenvalue weighted by atomic mass is 35.5. The summed E-state index contributed by atoms with van der Waals surface area (Å²) in [5.74, 6) is -1.75. The Morgan fingerprint density at radius 2 is 1.84 bits per heavy atom. The molecule has 0 saturated carbocycles. The van der Waals surface area contributed by atoms with E-state index in [1.54, 1.807) is 6.92 Å². The second kappa shape index (κ2) is 9.50. The molecule has 0 aromatic heterocycles. The number of benzene rings is 2. The van der Waals surface area contributed by atoms with Crippen LogP contribution in [0.4, 0.5) is 17.6 Å². The summed E-state index contributed by atoms with van der Waals surface area (Å²) in [6, 6.07) is 4.46. The molecule has 170 valence electrons.